The minimum absolute atomic E-state index is 0.0460. The van der Waals surface area contributed by atoms with Gasteiger partial charge in [-0.3, -0.25) is 4.79 Å². The molecule has 1 amide bonds. The number of halogens is 2. The lowest BCUT2D eigenvalue weighted by Gasteiger charge is -2.12. The highest BCUT2D eigenvalue weighted by molar-refractivity contribution is 6.27. The smallest absolute Gasteiger partial charge is 0.238 e. The Morgan fingerprint density at radius 2 is 2.29 bits per heavy atom. The first-order valence-electron chi connectivity index (χ1n) is 4.32. The standard InChI is InChI=1S/C10H9ClFNO/c11-4-10(14)13-5-7-2-1-3-9(12)8(7)6-13/h1-3H,4-6H2. The molecule has 2 nitrogen and oxygen atoms in total. The highest BCUT2D eigenvalue weighted by Gasteiger charge is 2.24. The molecule has 0 aliphatic carbocycles. The first-order chi connectivity index (χ1) is 6.72. The summed E-state index contributed by atoms with van der Waals surface area (Å²) in [6, 6.07) is 4.90. The molecular weight excluding hydrogens is 205 g/mol. The van der Waals surface area contributed by atoms with Crippen LogP contribution >= 0.6 is 11.6 Å². The third-order valence-electron chi connectivity index (χ3n) is 2.39. The number of carbonyl (C=O) groups is 1. The van der Waals surface area contributed by atoms with Crippen LogP contribution in [-0.4, -0.2) is 16.7 Å². The van der Waals surface area contributed by atoms with Gasteiger partial charge >= 0.3 is 0 Å². The normalized spacial score (nSPS) is 14.3. The number of hydrogen-bond acceptors (Lipinski definition) is 1. The average Bonchev–Trinajstić information content (AvgIpc) is 2.62. The van der Waals surface area contributed by atoms with Gasteiger partial charge in [-0.25, -0.2) is 4.39 Å². The first kappa shape index (κ1) is 9.46. The van der Waals surface area contributed by atoms with E-state index in [1.807, 2.05) is 6.07 Å². The molecule has 1 aromatic rings. The molecule has 4 heteroatoms. The van der Waals surface area contributed by atoms with Crippen molar-refractivity contribution in [3.63, 3.8) is 0 Å². The SMILES string of the molecule is O=C(CCl)N1Cc2cccc(F)c2C1. The predicted molar refractivity (Wildman–Crippen MR) is 51.4 cm³/mol. The van der Waals surface area contributed by atoms with Crippen LogP contribution in [0.15, 0.2) is 18.2 Å². The van der Waals surface area contributed by atoms with Crippen molar-refractivity contribution < 1.29 is 9.18 Å². The number of carbonyl (C=O) groups excluding carboxylic acids is 1. The van der Waals surface area contributed by atoms with Gasteiger partial charge in [0.15, 0.2) is 0 Å². The number of fused-ring (bicyclic) bond motifs is 1. The lowest BCUT2D eigenvalue weighted by Crippen LogP contribution is -2.26. The molecule has 1 heterocycles. The Morgan fingerprint density at radius 3 is 2.93 bits per heavy atom. The maximum atomic E-state index is 13.3. The van der Waals surface area contributed by atoms with Gasteiger partial charge in [-0.2, -0.15) is 0 Å². The third-order valence-corrected chi connectivity index (χ3v) is 2.62. The molecule has 74 valence electrons. The average molecular weight is 214 g/mol. The minimum atomic E-state index is -0.243. The van der Waals surface area contributed by atoms with Gasteiger partial charge in [-0.05, 0) is 11.6 Å². The van der Waals surface area contributed by atoms with Crippen LogP contribution in [0.5, 0.6) is 0 Å². The molecule has 0 saturated heterocycles. The van der Waals surface area contributed by atoms with Crippen LogP contribution in [0.2, 0.25) is 0 Å². The molecule has 0 aromatic heterocycles. The Labute approximate surface area is 86.3 Å². The van der Waals surface area contributed by atoms with E-state index in [2.05, 4.69) is 0 Å². The van der Waals surface area contributed by atoms with E-state index in [0.717, 1.165) is 5.56 Å². The summed E-state index contributed by atoms with van der Waals surface area (Å²) < 4.78 is 13.3. The molecule has 0 unspecified atom stereocenters. The fourth-order valence-electron chi connectivity index (χ4n) is 1.64. The Balaban J connectivity index is 2.26. The van der Waals surface area contributed by atoms with Gasteiger partial charge < -0.3 is 4.90 Å². The second kappa shape index (κ2) is 3.58. The highest BCUT2D eigenvalue weighted by atomic mass is 35.5. The van der Waals surface area contributed by atoms with Gasteiger partial charge in [0.05, 0.1) is 0 Å². The van der Waals surface area contributed by atoms with Gasteiger partial charge in [-0.15, -0.1) is 11.6 Å². The summed E-state index contributed by atoms with van der Waals surface area (Å²) in [5, 5.41) is 0. The van der Waals surface area contributed by atoms with Crippen LogP contribution in [0.1, 0.15) is 11.1 Å². The van der Waals surface area contributed by atoms with Crippen LogP contribution in [-0.2, 0) is 17.9 Å². The summed E-state index contributed by atoms with van der Waals surface area (Å²) in [6.07, 6.45) is 0. The van der Waals surface area contributed by atoms with Gasteiger partial charge in [0, 0.05) is 18.7 Å². The Kier molecular flexibility index (Phi) is 2.42. The summed E-state index contributed by atoms with van der Waals surface area (Å²) in [6.45, 7) is 0.812. The Morgan fingerprint density at radius 1 is 1.50 bits per heavy atom. The van der Waals surface area contributed by atoms with E-state index in [1.165, 1.54) is 6.07 Å². The zero-order chi connectivity index (χ0) is 10.1. The number of hydrogen-bond donors (Lipinski definition) is 0. The lowest BCUT2D eigenvalue weighted by atomic mass is 10.1. The van der Waals surface area contributed by atoms with Crippen molar-refractivity contribution in [1.82, 2.24) is 4.90 Å². The maximum absolute atomic E-state index is 13.3. The Hall–Kier alpha value is -1.09. The van der Waals surface area contributed by atoms with Crippen molar-refractivity contribution in [2.75, 3.05) is 5.88 Å². The van der Waals surface area contributed by atoms with Crippen LogP contribution in [0, 0.1) is 5.82 Å². The second-order valence-corrected chi connectivity index (χ2v) is 3.53. The molecule has 0 spiro atoms. The highest BCUT2D eigenvalue weighted by Crippen LogP contribution is 2.24. The molecule has 1 aliphatic rings. The summed E-state index contributed by atoms with van der Waals surface area (Å²) >= 11 is 5.43. The molecule has 14 heavy (non-hydrogen) atoms. The number of alkyl halides is 1. The quantitative estimate of drug-likeness (QED) is 0.653. The van der Waals surface area contributed by atoms with E-state index in [1.54, 1.807) is 11.0 Å². The van der Waals surface area contributed by atoms with Gasteiger partial charge in [0.1, 0.15) is 11.7 Å². The van der Waals surface area contributed by atoms with E-state index in [4.69, 9.17) is 11.6 Å². The van der Waals surface area contributed by atoms with E-state index < -0.39 is 0 Å². The molecule has 0 N–H and O–H groups in total. The van der Waals surface area contributed by atoms with E-state index in [-0.39, 0.29) is 17.6 Å². The molecule has 0 atom stereocenters. The van der Waals surface area contributed by atoms with Crippen LogP contribution in [0.25, 0.3) is 0 Å². The van der Waals surface area contributed by atoms with Crippen molar-refractivity contribution in [3.8, 4) is 0 Å². The van der Waals surface area contributed by atoms with Crippen molar-refractivity contribution in [2.24, 2.45) is 0 Å². The molecule has 0 saturated carbocycles. The van der Waals surface area contributed by atoms with Gasteiger partial charge in [0.2, 0.25) is 5.91 Å². The topological polar surface area (TPSA) is 20.3 Å². The molecule has 0 radical (unpaired) electrons. The minimum Gasteiger partial charge on any atom is -0.333 e. The van der Waals surface area contributed by atoms with Crippen molar-refractivity contribution in [1.29, 1.82) is 0 Å². The molecule has 0 bridgehead atoms. The number of amides is 1. The zero-order valence-electron chi connectivity index (χ0n) is 7.46. The fourth-order valence-corrected chi connectivity index (χ4v) is 1.81. The summed E-state index contributed by atoms with van der Waals surface area (Å²) in [4.78, 5) is 12.8. The van der Waals surface area contributed by atoms with Crippen molar-refractivity contribution in [2.45, 2.75) is 13.1 Å². The van der Waals surface area contributed by atoms with Crippen LogP contribution in [0.3, 0.4) is 0 Å². The van der Waals surface area contributed by atoms with E-state index in [9.17, 15) is 9.18 Å². The first-order valence-corrected chi connectivity index (χ1v) is 4.86. The Bertz CT molecular complexity index is 380. The number of benzene rings is 1. The monoisotopic (exact) mass is 213 g/mol. The van der Waals surface area contributed by atoms with Crippen molar-refractivity contribution >= 4 is 17.5 Å². The summed E-state index contributed by atoms with van der Waals surface area (Å²) in [7, 11) is 0. The lowest BCUT2D eigenvalue weighted by molar-refractivity contribution is -0.129. The number of nitrogens with zero attached hydrogens (tertiary/aromatic N) is 1. The predicted octanol–water partition coefficient (Wildman–Crippen LogP) is 1.91. The maximum Gasteiger partial charge on any atom is 0.238 e. The van der Waals surface area contributed by atoms with Crippen molar-refractivity contribution in [3.05, 3.63) is 35.1 Å². The zero-order valence-corrected chi connectivity index (χ0v) is 8.22. The largest absolute Gasteiger partial charge is 0.333 e. The second-order valence-electron chi connectivity index (χ2n) is 3.26. The van der Waals surface area contributed by atoms with Gasteiger partial charge in [0.25, 0.3) is 0 Å². The number of rotatable bonds is 1. The molecular formula is C10H9ClFNO. The van der Waals surface area contributed by atoms with Crippen LogP contribution in [0.4, 0.5) is 4.39 Å². The van der Waals surface area contributed by atoms with E-state index >= 15 is 0 Å². The van der Waals surface area contributed by atoms with Gasteiger partial charge in [-0.1, -0.05) is 12.1 Å². The fraction of sp³-hybridized carbons (Fsp3) is 0.300. The third kappa shape index (κ3) is 1.48. The molecule has 1 aliphatic heterocycles. The summed E-state index contributed by atoms with van der Waals surface area (Å²) in [5.74, 6) is -0.440. The molecule has 1 aromatic carbocycles. The van der Waals surface area contributed by atoms with Crippen LogP contribution < -0.4 is 0 Å². The molecule has 2 rings (SSSR count). The summed E-state index contributed by atoms with van der Waals surface area (Å²) in [5.41, 5.74) is 1.49. The van der Waals surface area contributed by atoms with E-state index in [0.29, 0.717) is 18.7 Å². The molecule has 0 fully saturated rings.